The van der Waals surface area contributed by atoms with E-state index < -0.39 is 10.0 Å². The summed E-state index contributed by atoms with van der Waals surface area (Å²) in [5.74, 6) is 0.452. The number of hydrogen-bond acceptors (Lipinski definition) is 5. The van der Waals surface area contributed by atoms with Crippen molar-refractivity contribution in [2.45, 2.75) is 49.4 Å². The number of carbonyl (C=O) groups is 1. The zero-order valence-electron chi connectivity index (χ0n) is 18.5. The van der Waals surface area contributed by atoms with Crippen LogP contribution in [0, 0.1) is 5.92 Å². The Morgan fingerprint density at radius 2 is 1.90 bits per heavy atom. The minimum atomic E-state index is -3.75. The number of amides is 1. The van der Waals surface area contributed by atoms with Crippen molar-refractivity contribution in [2.24, 2.45) is 5.92 Å². The van der Waals surface area contributed by atoms with Gasteiger partial charge in [0.2, 0.25) is 15.9 Å². The van der Waals surface area contributed by atoms with Crippen LogP contribution in [0.3, 0.4) is 0 Å². The van der Waals surface area contributed by atoms with Crippen molar-refractivity contribution in [3.8, 4) is 0 Å². The van der Waals surface area contributed by atoms with E-state index in [9.17, 15) is 13.2 Å². The molecule has 3 rings (SSSR count). The predicted octanol–water partition coefficient (Wildman–Crippen LogP) is 4.64. The molecule has 2 atom stereocenters. The second-order valence-corrected chi connectivity index (χ2v) is 10.7. The molecule has 0 aromatic heterocycles. The van der Waals surface area contributed by atoms with Crippen molar-refractivity contribution < 1.29 is 13.2 Å². The highest BCUT2D eigenvalue weighted by molar-refractivity contribution is 7.98. The Balaban J connectivity index is 1.74. The number of hydrogen-bond donors (Lipinski definition) is 2. The van der Waals surface area contributed by atoms with Gasteiger partial charge >= 0.3 is 0 Å². The Labute approximate surface area is 189 Å². The lowest BCUT2D eigenvalue weighted by molar-refractivity contribution is -0.114. The van der Waals surface area contributed by atoms with Gasteiger partial charge in [-0.25, -0.2) is 13.1 Å². The number of piperidine rings is 1. The first-order valence-electron chi connectivity index (χ1n) is 10.5. The van der Waals surface area contributed by atoms with E-state index in [-0.39, 0.29) is 16.8 Å². The topological polar surface area (TPSA) is 78.5 Å². The minimum absolute atomic E-state index is 0.125. The Kier molecular flexibility index (Phi) is 7.67. The van der Waals surface area contributed by atoms with Gasteiger partial charge in [-0.15, -0.1) is 11.8 Å². The lowest BCUT2D eigenvalue weighted by Crippen LogP contribution is -2.34. The van der Waals surface area contributed by atoms with E-state index in [1.165, 1.54) is 43.3 Å². The van der Waals surface area contributed by atoms with Crippen LogP contribution in [0.15, 0.2) is 52.3 Å². The summed E-state index contributed by atoms with van der Waals surface area (Å²) in [4.78, 5) is 14.8. The van der Waals surface area contributed by atoms with Gasteiger partial charge in [-0.3, -0.25) is 4.79 Å². The summed E-state index contributed by atoms with van der Waals surface area (Å²) in [6, 6.07) is 12.5. The molecule has 0 aliphatic carbocycles. The van der Waals surface area contributed by atoms with Crippen LogP contribution in [-0.4, -0.2) is 33.7 Å². The second-order valence-electron chi connectivity index (χ2n) is 8.17. The molecule has 1 aliphatic rings. The number of carbonyl (C=O) groups excluding carboxylic acids is 1. The summed E-state index contributed by atoms with van der Waals surface area (Å²) in [6.45, 7) is 7.64. The van der Waals surface area contributed by atoms with Crippen molar-refractivity contribution in [3.05, 3.63) is 48.0 Å². The first-order chi connectivity index (χ1) is 14.7. The lowest BCUT2D eigenvalue weighted by atomic mass is 9.99. The van der Waals surface area contributed by atoms with Gasteiger partial charge in [-0.1, -0.05) is 19.1 Å². The number of anilines is 2. The van der Waals surface area contributed by atoms with E-state index in [2.05, 4.69) is 34.0 Å². The Morgan fingerprint density at radius 1 is 1.19 bits per heavy atom. The average molecular weight is 462 g/mol. The van der Waals surface area contributed by atoms with E-state index in [0.717, 1.165) is 23.5 Å². The van der Waals surface area contributed by atoms with Crippen molar-refractivity contribution >= 4 is 39.1 Å². The number of nitrogens with zero attached hydrogens (tertiary/aromatic N) is 1. The maximum Gasteiger partial charge on any atom is 0.241 e. The van der Waals surface area contributed by atoms with Gasteiger partial charge in [0.15, 0.2) is 0 Å². The second kappa shape index (κ2) is 10.1. The molecule has 8 heteroatoms. The molecular formula is C23H31N3O3S2. The first kappa shape index (κ1) is 23.6. The van der Waals surface area contributed by atoms with Gasteiger partial charge in [0, 0.05) is 36.6 Å². The average Bonchev–Trinajstić information content (AvgIpc) is 2.73. The van der Waals surface area contributed by atoms with Crippen LogP contribution in [0.4, 0.5) is 11.4 Å². The molecule has 2 aromatic carbocycles. The van der Waals surface area contributed by atoms with Crippen LogP contribution in [0.1, 0.15) is 45.2 Å². The molecule has 2 aromatic rings. The van der Waals surface area contributed by atoms with Gasteiger partial charge < -0.3 is 10.2 Å². The quantitative estimate of drug-likeness (QED) is 0.587. The molecule has 0 radical (unpaired) electrons. The van der Waals surface area contributed by atoms with Crippen molar-refractivity contribution in [1.82, 2.24) is 4.72 Å². The zero-order chi connectivity index (χ0) is 22.6. The molecule has 1 saturated heterocycles. The highest BCUT2D eigenvalue weighted by Gasteiger charge is 2.21. The zero-order valence-corrected chi connectivity index (χ0v) is 20.1. The molecule has 1 aliphatic heterocycles. The summed E-state index contributed by atoms with van der Waals surface area (Å²) >= 11 is 1.45. The summed E-state index contributed by atoms with van der Waals surface area (Å²) in [5, 5.41) is 2.71. The molecule has 1 amide bonds. The van der Waals surface area contributed by atoms with Gasteiger partial charge in [0.05, 0.1) is 10.6 Å². The summed E-state index contributed by atoms with van der Waals surface area (Å²) < 4.78 is 28.7. The SMILES string of the molecule is CSc1ccc(S(=O)(=O)N[C@H](C)c2ccc(N3CCC[C@@H](C)C3)cc2)cc1NC(C)=O. The van der Waals surface area contributed by atoms with Crippen LogP contribution < -0.4 is 14.9 Å². The van der Waals surface area contributed by atoms with Crippen LogP contribution in [-0.2, 0) is 14.8 Å². The third-order valence-electron chi connectivity index (χ3n) is 5.54. The van der Waals surface area contributed by atoms with E-state index in [1.54, 1.807) is 12.1 Å². The number of benzene rings is 2. The van der Waals surface area contributed by atoms with E-state index in [4.69, 9.17) is 0 Å². The molecule has 2 N–H and O–H groups in total. The molecular weight excluding hydrogens is 430 g/mol. The number of nitrogens with one attached hydrogen (secondary N) is 2. The van der Waals surface area contributed by atoms with Crippen molar-refractivity contribution in [3.63, 3.8) is 0 Å². The molecule has 6 nitrogen and oxygen atoms in total. The highest BCUT2D eigenvalue weighted by atomic mass is 32.2. The first-order valence-corrected chi connectivity index (χ1v) is 13.2. The fourth-order valence-electron chi connectivity index (χ4n) is 3.91. The summed E-state index contributed by atoms with van der Waals surface area (Å²) in [5.41, 5.74) is 2.58. The fraction of sp³-hybridized carbons (Fsp3) is 0.435. The summed E-state index contributed by atoms with van der Waals surface area (Å²) in [6.07, 6.45) is 4.35. The fourth-order valence-corrected chi connectivity index (χ4v) is 5.70. The van der Waals surface area contributed by atoms with Crippen molar-refractivity contribution in [2.75, 3.05) is 29.6 Å². The van der Waals surface area contributed by atoms with E-state index in [0.29, 0.717) is 11.6 Å². The third kappa shape index (κ3) is 6.02. The molecule has 31 heavy (non-hydrogen) atoms. The van der Waals surface area contributed by atoms with Gasteiger partial charge in [0.25, 0.3) is 0 Å². The molecule has 168 valence electrons. The van der Waals surface area contributed by atoms with Crippen LogP contribution in [0.25, 0.3) is 0 Å². The predicted molar refractivity (Wildman–Crippen MR) is 128 cm³/mol. The standard InChI is InChI=1S/C23H31N3O3S2/c1-16-6-5-13-26(15-16)20-9-7-19(8-10-20)17(2)25-31(28,29)21-11-12-23(30-4)22(14-21)24-18(3)27/h7-12,14,16-17,25H,5-6,13,15H2,1-4H3,(H,24,27)/t16-,17-/m1/s1. The maximum atomic E-state index is 13.0. The van der Waals surface area contributed by atoms with Gasteiger partial charge in [-0.2, -0.15) is 0 Å². The maximum absolute atomic E-state index is 13.0. The largest absolute Gasteiger partial charge is 0.371 e. The summed E-state index contributed by atoms with van der Waals surface area (Å²) in [7, 11) is -3.75. The molecule has 1 heterocycles. The monoisotopic (exact) mass is 461 g/mol. The third-order valence-corrected chi connectivity index (χ3v) is 7.87. The Morgan fingerprint density at radius 3 is 2.52 bits per heavy atom. The van der Waals surface area contributed by atoms with Gasteiger partial charge in [0.1, 0.15) is 0 Å². The van der Waals surface area contributed by atoms with E-state index in [1.807, 2.05) is 25.3 Å². The normalized spacial score (nSPS) is 17.9. The van der Waals surface area contributed by atoms with Crippen LogP contribution >= 0.6 is 11.8 Å². The number of thioether (sulfide) groups is 1. The molecule has 0 bridgehead atoms. The Bertz CT molecular complexity index is 1020. The molecule has 1 fully saturated rings. The number of rotatable bonds is 7. The molecule has 0 spiro atoms. The minimum Gasteiger partial charge on any atom is -0.371 e. The number of sulfonamides is 1. The molecule has 0 saturated carbocycles. The van der Waals surface area contributed by atoms with Crippen LogP contribution in [0.5, 0.6) is 0 Å². The molecule has 0 unspecified atom stereocenters. The van der Waals surface area contributed by atoms with Crippen molar-refractivity contribution in [1.29, 1.82) is 0 Å². The Hall–Kier alpha value is -2.03. The van der Waals surface area contributed by atoms with Crippen LogP contribution in [0.2, 0.25) is 0 Å². The van der Waals surface area contributed by atoms with E-state index >= 15 is 0 Å². The highest BCUT2D eigenvalue weighted by Crippen LogP contribution is 2.29. The van der Waals surface area contributed by atoms with Gasteiger partial charge in [-0.05, 0) is 67.8 Å². The smallest absolute Gasteiger partial charge is 0.241 e. The lowest BCUT2D eigenvalue weighted by Gasteiger charge is -2.33.